The van der Waals surface area contributed by atoms with Crippen molar-refractivity contribution in [1.29, 1.82) is 0 Å². The van der Waals surface area contributed by atoms with Gasteiger partial charge in [0.15, 0.2) is 10.8 Å². The topological polar surface area (TPSA) is 77.0 Å². The highest BCUT2D eigenvalue weighted by molar-refractivity contribution is 7.16. The van der Waals surface area contributed by atoms with Crippen LogP contribution in [0.25, 0.3) is 11.3 Å². The number of aryl methyl sites for hydroxylation is 2. The van der Waals surface area contributed by atoms with Gasteiger partial charge >= 0.3 is 0 Å². The van der Waals surface area contributed by atoms with E-state index in [1.165, 1.54) is 10.6 Å². The van der Waals surface area contributed by atoms with E-state index in [2.05, 4.69) is 28.8 Å². The molecule has 3 aromatic heterocycles. The Morgan fingerprint density at radius 1 is 1.28 bits per heavy atom. The van der Waals surface area contributed by atoms with Gasteiger partial charge in [0, 0.05) is 41.7 Å². The third-order valence-electron chi connectivity index (χ3n) is 5.76. The van der Waals surface area contributed by atoms with E-state index in [1.54, 1.807) is 23.3 Å². The number of hydrogen-bond acceptors (Lipinski definition) is 6. The van der Waals surface area contributed by atoms with E-state index >= 15 is 0 Å². The van der Waals surface area contributed by atoms with Crippen molar-refractivity contribution in [3.05, 3.63) is 33.8 Å². The smallest absolute Gasteiger partial charge is 0.282 e. The first-order valence-electron chi connectivity index (χ1n) is 10.3. The Kier molecular flexibility index (Phi) is 4.53. The van der Waals surface area contributed by atoms with Crippen LogP contribution >= 0.6 is 11.3 Å². The van der Waals surface area contributed by atoms with Gasteiger partial charge in [0.2, 0.25) is 0 Å². The Balaban J connectivity index is 1.44. The second-order valence-electron chi connectivity index (χ2n) is 8.35. The molecule has 0 radical (unpaired) electrons. The Hall–Kier alpha value is -2.48. The molecule has 0 unspecified atom stereocenters. The summed E-state index contributed by atoms with van der Waals surface area (Å²) in [5, 5.41) is 9.39. The molecule has 0 saturated carbocycles. The highest BCUT2D eigenvalue weighted by atomic mass is 32.1. The number of carbonyl (C=O) groups is 1. The molecule has 2 aliphatic carbocycles. The molecule has 152 valence electrons. The monoisotopic (exact) mass is 411 g/mol. The van der Waals surface area contributed by atoms with Gasteiger partial charge in [-0.15, -0.1) is 11.3 Å². The molecule has 0 aliphatic heterocycles. The predicted octanol–water partition coefficient (Wildman–Crippen LogP) is 3.90. The summed E-state index contributed by atoms with van der Waals surface area (Å²) in [7, 11) is 1.78. The SMILES string of the molecule is CC(C)Cn1ncc2c1CCc1sc(N(C)C(=O)c3noc4c3CCCC4)nc1-2. The van der Waals surface area contributed by atoms with Gasteiger partial charge in [-0.2, -0.15) is 5.10 Å². The summed E-state index contributed by atoms with van der Waals surface area (Å²) in [6.45, 7) is 5.32. The van der Waals surface area contributed by atoms with Crippen LogP contribution in [0.15, 0.2) is 10.7 Å². The van der Waals surface area contributed by atoms with Gasteiger partial charge in [-0.3, -0.25) is 14.4 Å². The maximum atomic E-state index is 13.1. The molecular formula is C21H25N5O2S. The normalized spacial score (nSPS) is 15.2. The molecule has 29 heavy (non-hydrogen) atoms. The van der Waals surface area contributed by atoms with E-state index < -0.39 is 0 Å². The lowest BCUT2D eigenvalue weighted by atomic mass is 9.96. The van der Waals surface area contributed by atoms with E-state index in [-0.39, 0.29) is 5.91 Å². The van der Waals surface area contributed by atoms with Gasteiger partial charge in [-0.1, -0.05) is 19.0 Å². The fourth-order valence-corrected chi connectivity index (χ4v) is 5.30. The van der Waals surface area contributed by atoms with Crippen LogP contribution in [-0.2, 0) is 32.2 Å². The van der Waals surface area contributed by atoms with Crippen LogP contribution < -0.4 is 4.90 Å². The van der Waals surface area contributed by atoms with Crippen molar-refractivity contribution in [3.8, 4) is 11.3 Å². The molecule has 0 spiro atoms. The summed E-state index contributed by atoms with van der Waals surface area (Å²) in [6, 6.07) is 0. The van der Waals surface area contributed by atoms with Gasteiger partial charge in [-0.05, 0) is 38.0 Å². The zero-order valence-corrected chi connectivity index (χ0v) is 17.9. The molecule has 0 bridgehead atoms. The number of fused-ring (bicyclic) bond motifs is 4. The summed E-state index contributed by atoms with van der Waals surface area (Å²) in [6.07, 6.45) is 7.73. The van der Waals surface area contributed by atoms with Gasteiger partial charge in [0.25, 0.3) is 5.91 Å². The number of thiazole rings is 1. The number of carbonyl (C=O) groups excluding carboxylic acids is 1. The van der Waals surface area contributed by atoms with E-state index in [0.29, 0.717) is 16.7 Å². The maximum Gasteiger partial charge on any atom is 0.282 e. The van der Waals surface area contributed by atoms with E-state index in [1.807, 2.05) is 6.20 Å². The second-order valence-corrected chi connectivity index (χ2v) is 9.42. The molecule has 5 rings (SSSR count). The fourth-order valence-electron chi connectivity index (χ4n) is 4.27. The molecule has 0 N–H and O–H groups in total. The van der Waals surface area contributed by atoms with Gasteiger partial charge in [0.1, 0.15) is 5.76 Å². The molecule has 0 saturated heterocycles. The van der Waals surface area contributed by atoms with Crippen molar-refractivity contribution in [2.75, 3.05) is 11.9 Å². The number of rotatable bonds is 4. The number of anilines is 1. The molecule has 0 atom stereocenters. The predicted molar refractivity (Wildman–Crippen MR) is 111 cm³/mol. The molecule has 3 heterocycles. The lowest BCUT2D eigenvalue weighted by molar-refractivity contribution is 0.0983. The summed E-state index contributed by atoms with van der Waals surface area (Å²) in [5.74, 6) is 1.27. The summed E-state index contributed by atoms with van der Waals surface area (Å²) < 4.78 is 7.54. The van der Waals surface area contributed by atoms with Crippen LogP contribution in [0, 0.1) is 5.92 Å². The van der Waals surface area contributed by atoms with Crippen molar-refractivity contribution in [1.82, 2.24) is 19.9 Å². The first-order valence-corrected chi connectivity index (χ1v) is 11.1. The molecular weight excluding hydrogens is 386 g/mol. The molecule has 0 aromatic carbocycles. The van der Waals surface area contributed by atoms with E-state index in [4.69, 9.17) is 9.51 Å². The Morgan fingerprint density at radius 2 is 2.10 bits per heavy atom. The molecule has 8 heteroatoms. The van der Waals surface area contributed by atoms with E-state index in [9.17, 15) is 4.79 Å². The fraction of sp³-hybridized carbons (Fsp3) is 0.524. The Labute approximate surface area is 173 Å². The van der Waals surface area contributed by atoms with Crippen molar-refractivity contribution in [2.45, 2.75) is 58.9 Å². The van der Waals surface area contributed by atoms with Crippen LogP contribution in [-0.4, -0.2) is 32.9 Å². The third kappa shape index (κ3) is 3.10. The molecule has 2 aliphatic rings. The molecule has 7 nitrogen and oxygen atoms in total. The Bertz CT molecular complexity index is 1080. The standard InChI is InChI=1S/C21H25N5O2S/c1-12(2)11-26-15-8-9-17-18(14(15)10-22-26)23-21(29-17)25(3)20(27)19-13-6-4-5-7-16(13)28-24-19/h10,12H,4-9,11H2,1-3H3. The molecule has 3 aromatic rings. The summed E-state index contributed by atoms with van der Waals surface area (Å²) in [5.41, 5.74) is 4.76. The number of aromatic nitrogens is 4. The third-order valence-corrected chi connectivity index (χ3v) is 6.95. The van der Waals surface area contributed by atoms with Crippen LogP contribution in [0.5, 0.6) is 0 Å². The van der Waals surface area contributed by atoms with Gasteiger partial charge in [-0.25, -0.2) is 4.98 Å². The minimum atomic E-state index is -0.140. The molecule has 1 amide bonds. The van der Waals surface area contributed by atoms with Crippen molar-refractivity contribution in [3.63, 3.8) is 0 Å². The Morgan fingerprint density at radius 3 is 2.93 bits per heavy atom. The zero-order valence-electron chi connectivity index (χ0n) is 17.1. The quantitative estimate of drug-likeness (QED) is 0.651. The zero-order chi connectivity index (χ0) is 20.1. The number of hydrogen-bond donors (Lipinski definition) is 0. The number of nitrogens with zero attached hydrogens (tertiary/aromatic N) is 5. The van der Waals surface area contributed by atoms with Crippen molar-refractivity contribution >= 4 is 22.4 Å². The summed E-state index contributed by atoms with van der Waals surface area (Å²) >= 11 is 1.59. The van der Waals surface area contributed by atoms with Crippen molar-refractivity contribution in [2.24, 2.45) is 5.92 Å². The largest absolute Gasteiger partial charge is 0.360 e. The van der Waals surface area contributed by atoms with Gasteiger partial charge < -0.3 is 4.52 Å². The van der Waals surface area contributed by atoms with Gasteiger partial charge in [0.05, 0.1) is 11.9 Å². The van der Waals surface area contributed by atoms with E-state index in [0.717, 1.165) is 67.7 Å². The lowest BCUT2D eigenvalue weighted by Crippen LogP contribution is -2.27. The van der Waals surface area contributed by atoms with Crippen LogP contribution in [0.2, 0.25) is 0 Å². The lowest BCUT2D eigenvalue weighted by Gasteiger charge is -2.14. The highest BCUT2D eigenvalue weighted by Gasteiger charge is 2.30. The second kappa shape index (κ2) is 7.09. The molecule has 0 fully saturated rings. The van der Waals surface area contributed by atoms with Crippen LogP contribution in [0.3, 0.4) is 0 Å². The number of amides is 1. The van der Waals surface area contributed by atoms with Crippen molar-refractivity contribution < 1.29 is 9.32 Å². The maximum absolute atomic E-state index is 13.1. The minimum absolute atomic E-state index is 0.140. The van der Waals surface area contributed by atoms with Crippen LogP contribution in [0.4, 0.5) is 5.13 Å². The first kappa shape index (κ1) is 18.5. The summed E-state index contributed by atoms with van der Waals surface area (Å²) in [4.78, 5) is 20.8. The minimum Gasteiger partial charge on any atom is -0.360 e. The first-order chi connectivity index (χ1) is 14.0. The highest BCUT2D eigenvalue weighted by Crippen LogP contribution is 2.39. The average molecular weight is 412 g/mol. The van der Waals surface area contributed by atoms with Crippen LogP contribution in [0.1, 0.15) is 59.1 Å². The average Bonchev–Trinajstić information content (AvgIpc) is 3.42.